The summed E-state index contributed by atoms with van der Waals surface area (Å²) in [5.41, 5.74) is 0. The Bertz CT molecular complexity index is 1890. The molecule has 3 unspecified atom stereocenters. The van der Waals surface area contributed by atoms with Gasteiger partial charge in [-0.25, -0.2) is 4.57 Å². The SMILES string of the molecule is CC/C=C\C/C=C\C/C=C\C/C=C\C/C=C\CCCCCC(=O)OC(COC(=O)CCCCCCCC/C=C\C/C=C\C/C=C\C/C=C\CC)COP(=O)(O)OCC(CO)OC(=O)CCCCCCCCC/C=C\C/C=C\CCCCC. The maximum Gasteiger partial charge on any atom is 0.472 e. The number of hydrogen-bond donors (Lipinski definition) is 2. The summed E-state index contributed by atoms with van der Waals surface area (Å²) in [6.45, 7) is 4.34. The molecule has 0 rings (SSSR count). The van der Waals surface area contributed by atoms with E-state index in [4.69, 9.17) is 23.3 Å². The third kappa shape index (κ3) is 60.2. The van der Waals surface area contributed by atoms with Gasteiger partial charge in [0.25, 0.3) is 0 Å². The van der Waals surface area contributed by atoms with E-state index in [2.05, 4.69) is 154 Å². The number of hydrogen-bond acceptors (Lipinski definition) is 10. The number of aliphatic hydroxyl groups excluding tert-OH is 1. The first-order valence-electron chi connectivity index (χ1n) is 32.1. The van der Waals surface area contributed by atoms with Crippen molar-refractivity contribution in [3.8, 4) is 0 Å². The van der Waals surface area contributed by atoms with Crippen LogP contribution < -0.4 is 0 Å². The summed E-state index contributed by atoms with van der Waals surface area (Å²) in [5.74, 6) is -1.54. The third-order valence-electron chi connectivity index (χ3n) is 13.0. The van der Waals surface area contributed by atoms with Gasteiger partial charge in [-0.05, 0) is 135 Å². The van der Waals surface area contributed by atoms with E-state index in [1.54, 1.807) is 0 Å². The van der Waals surface area contributed by atoms with Gasteiger partial charge in [0, 0.05) is 19.3 Å². The number of phosphoric ester groups is 1. The molecule has 11 nitrogen and oxygen atoms in total. The Morgan fingerprint density at radius 2 is 0.634 bits per heavy atom. The van der Waals surface area contributed by atoms with Crippen molar-refractivity contribution in [1.82, 2.24) is 0 Å². The van der Waals surface area contributed by atoms with Crippen LogP contribution in [0.4, 0.5) is 0 Å². The highest BCUT2D eigenvalue weighted by Gasteiger charge is 2.28. The van der Waals surface area contributed by atoms with Crippen molar-refractivity contribution in [3.63, 3.8) is 0 Å². The molecule has 0 aliphatic carbocycles. The number of carbonyl (C=O) groups is 3. The zero-order chi connectivity index (χ0) is 59.8. The monoisotopic (exact) mass is 1160 g/mol. The van der Waals surface area contributed by atoms with E-state index in [-0.39, 0.29) is 25.9 Å². The van der Waals surface area contributed by atoms with Crippen LogP contribution in [0.2, 0.25) is 0 Å². The molecule has 0 saturated heterocycles. The van der Waals surface area contributed by atoms with Gasteiger partial charge in [0.1, 0.15) is 12.7 Å². The van der Waals surface area contributed by atoms with Gasteiger partial charge in [-0.15, -0.1) is 0 Å². The van der Waals surface area contributed by atoms with Crippen LogP contribution >= 0.6 is 7.82 Å². The zero-order valence-corrected chi connectivity index (χ0v) is 52.6. The first-order chi connectivity index (χ1) is 40.2. The Kier molecular flexibility index (Phi) is 59.3. The lowest BCUT2D eigenvalue weighted by molar-refractivity contribution is -0.161. The number of unbranched alkanes of at least 4 members (excludes halogenated alkanes) is 19. The lowest BCUT2D eigenvalue weighted by atomic mass is 10.1. The average Bonchev–Trinajstić information content (AvgIpc) is 3.50. The molecule has 0 amide bonds. The second kappa shape index (κ2) is 62.7. The van der Waals surface area contributed by atoms with Crippen LogP contribution in [0.25, 0.3) is 0 Å². The molecule has 0 aromatic heterocycles. The van der Waals surface area contributed by atoms with Crippen molar-refractivity contribution in [2.75, 3.05) is 26.4 Å². The minimum absolute atomic E-state index is 0.117. The van der Waals surface area contributed by atoms with Crippen molar-refractivity contribution in [2.45, 2.75) is 264 Å². The lowest BCUT2D eigenvalue weighted by Gasteiger charge is -2.21. The van der Waals surface area contributed by atoms with E-state index in [0.717, 1.165) is 154 Å². The zero-order valence-electron chi connectivity index (χ0n) is 51.7. The van der Waals surface area contributed by atoms with Crippen molar-refractivity contribution in [2.24, 2.45) is 0 Å². The topological polar surface area (TPSA) is 155 Å². The van der Waals surface area contributed by atoms with Gasteiger partial charge in [0.2, 0.25) is 0 Å². The van der Waals surface area contributed by atoms with Crippen molar-refractivity contribution in [1.29, 1.82) is 0 Å². The highest BCUT2D eigenvalue weighted by molar-refractivity contribution is 7.47. The van der Waals surface area contributed by atoms with E-state index < -0.39 is 57.8 Å². The molecule has 0 aromatic carbocycles. The summed E-state index contributed by atoms with van der Waals surface area (Å²) in [6.07, 6.45) is 79.7. The fourth-order valence-electron chi connectivity index (χ4n) is 8.23. The molecule has 0 heterocycles. The van der Waals surface area contributed by atoms with E-state index in [1.807, 2.05) is 0 Å². The Morgan fingerprint density at radius 1 is 0.354 bits per heavy atom. The predicted molar refractivity (Wildman–Crippen MR) is 343 cm³/mol. The first-order valence-corrected chi connectivity index (χ1v) is 33.6. The molecule has 0 aliphatic heterocycles. The standard InChI is InChI=1S/C70H115O11P/c1-4-7-10-13-16-19-22-25-28-31-33-36-38-41-44-47-50-53-56-59-68(72)77-63-67(81-70(74)61-58-55-52-49-46-43-40-37-34-32-29-26-23-20-17-14-11-8-5-2)65-79-82(75,76)78-64-66(62-71)80-69(73)60-57-54-51-48-45-42-39-35-30-27-24-21-18-15-12-9-6-3/h7-8,10-11,16-21,25-30,33-34,36-37,43,46,66-67,71H,4-6,9,12-15,22-24,31-32,35,38-42,44-45,47-65H2,1-3H3,(H,75,76)/b10-7-,11-8-,19-16-,20-17-,21-18-,28-25-,29-26-,30-27-,36-33-,37-34-,46-43-. The minimum atomic E-state index is -4.78. The van der Waals surface area contributed by atoms with Gasteiger partial charge in [-0.3, -0.25) is 23.4 Å². The largest absolute Gasteiger partial charge is 0.472 e. The molecule has 0 spiro atoms. The second-order valence-electron chi connectivity index (χ2n) is 20.8. The predicted octanol–water partition coefficient (Wildman–Crippen LogP) is 19.7. The van der Waals surface area contributed by atoms with Crippen LogP contribution in [0.15, 0.2) is 134 Å². The van der Waals surface area contributed by atoms with Crippen LogP contribution in [0.3, 0.4) is 0 Å². The van der Waals surface area contributed by atoms with Gasteiger partial charge in [-0.1, -0.05) is 231 Å². The van der Waals surface area contributed by atoms with Crippen LogP contribution in [-0.4, -0.2) is 66.5 Å². The summed E-state index contributed by atoms with van der Waals surface area (Å²) in [5, 5.41) is 9.86. The Hall–Kier alpha value is -4.38. The molecule has 12 heteroatoms. The minimum Gasteiger partial charge on any atom is -0.462 e. The highest BCUT2D eigenvalue weighted by atomic mass is 31.2. The Balaban J connectivity index is 4.81. The molecule has 0 bridgehead atoms. The number of carbonyl (C=O) groups excluding carboxylic acids is 3. The normalized spacial score (nSPS) is 14.2. The Labute approximate surface area is 500 Å². The van der Waals surface area contributed by atoms with Gasteiger partial charge >= 0.3 is 25.7 Å². The molecule has 2 N–H and O–H groups in total. The quantitative estimate of drug-likeness (QED) is 0.0197. The smallest absolute Gasteiger partial charge is 0.462 e. The maximum atomic E-state index is 13.0. The molecule has 82 heavy (non-hydrogen) atoms. The Morgan fingerprint density at radius 3 is 0.988 bits per heavy atom. The highest BCUT2D eigenvalue weighted by Crippen LogP contribution is 2.43. The van der Waals surface area contributed by atoms with Gasteiger partial charge in [0.05, 0.1) is 19.8 Å². The van der Waals surface area contributed by atoms with E-state index in [9.17, 15) is 28.9 Å². The fraction of sp³-hybridized carbons (Fsp3) is 0.643. The average molecular weight is 1160 g/mol. The number of aliphatic hydroxyl groups is 1. The molecule has 0 fully saturated rings. The van der Waals surface area contributed by atoms with Crippen LogP contribution in [0.1, 0.15) is 252 Å². The summed E-state index contributed by atoms with van der Waals surface area (Å²) < 4.78 is 39.7. The third-order valence-corrected chi connectivity index (χ3v) is 14.0. The van der Waals surface area contributed by atoms with E-state index in [0.29, 0.717) is 19.3 Å². The van der Waals surface area contributed by atoms with Crippen LogP contribution in [0, 0.1) is 0 Å². The van der Waals surface area contributed by atoms with Gasteiger partial charge < -0.3 is 24.2 Å². The molecule has 0 aromatic rings. The van der Waals surface area contributed by atoms with Gasteiger partial charge in [0.15, 0.2) is 6.10 Å². The molecule has 0 radical (unpaired) electrons. The summed E-state index contributed by atoms with van der Waals surface area (Å²) in [7, 11) is -4.78. The number of ether oxygens (including phenoxy) is 3. The van der Waals surface area contributed by atoms with E-state index >= 15 is 0 Å². The van der Waals surface area contributed by atoms with Gasteiger partial charge in [-0.2, -0.15) is 0 Å². The maximum absolute atomic E-state index is 13.0. The van der Waals surface area contributed by atoms with Crippen LogP contribution in [0.5, 0.6) is 0 Å². The summed E-state index contributed by atoms with van der Waals surface area (Å²) >= 11 is 0. The van der Waals surface area contributed by atoms with Crippen molar-refractivity contribution in [3.05, 3.63) is 134 Å². The number of esters is 3. The van der Waals surface area contributed by atoms with Crippen molar-refractivity contribution < 1.29 is 52.2 Å². The summed E-state index contributed by atoms with van der Waals surface area (Å²) in [4.78, 5) is 48.8. The fourth-order valence-corrected chi connectivity index (χ4v) is 9.01. The first kappa shape index (κ1) is 77.6. The van der Waals surface area contributed by atoms with E-state index in [1.165, 1.54) is 38.5 Å². The number of phosphoric acid groups is 1. The molecular formula is C70H115O11P. The van der Waals surface area contributed by atoms with Crippen molar-refractivity contribution >= 4 is 25.7 Å². The molecule has 0 saturated carbocycles. The molecule has 3 atom stereocenters. The number of allylic oxidation sites excluding steroid dienone is 22. The molecule has 0 aliphatic rings. The lowest BCUT2D eigenvalue weighted by Crippen LogP contribution is -2.30. The number of rotatable bonds is 58. The molecular weight excluding hydrogens is 1050 g/mol. The molecule has 466 valence electrons. The second-order valence-corrected chi connectivity index (χ2v) is 22.3. The van der Waals surface area contributed by atoms with Crippen LogP contribution in [-0.2, 0) is 42.2 Å². The summed E-state index contributed by atoms with van der Waals surface area (Å²) in [6, 6.07) is 0.